The minimum Gasteiger partial charge on any atom is -0.327 e. The lowest BCUT2D eigenvalue weighted by Gasteiger charge is -2.17. The topological polar surface area (TPSA) is 17.8 Å². The van der Waals surface area contributed by atoms with E-state index < -0.39 is 0 Å². The Hall–Kier alpha value is -2.09. The Morgan fingerprint density at radius 1 is 0.840 bits per heavy atom. The van der Waals surface area contributed by atoms with E-state index in [1.54, 1.807) is 0 Å². The first-order valence-electron chi connectivity index (χ1n) is 9.49. The van der Waals surface area contributed by atoms with Gasteiger partial charge in [0.25, 0.3) is 0 Å². The van der Waals surface area contributed by atoms with E-state index >= 15 is 0 Å². The predicted molar refractivity (Wildman–Crippen MR) is 107 cm³/mol. The second-order valence-electron chi connectivity index (χ2n) is 8.02. The summed E-state index contributed by atoms with van der Waals surface area (Å²) < 4.78 is 2.41. The molecular weight excluding hydrogens is 304 g/mol. The van der Waals surface area contributed by atoms with E-state index in [1.165, 1.54) is 22.5 Å². The average molecular weight is 335 g/mol. The monoisotopic (exact) mass is 334 g/mol. The molecule has 1 atom stereocenters. The summed E-state index contributed by atoms with van der Waals surface area (Å²) in [4.78, 5) is 4.98. The molecule has 0 amide bonds. The van der Waals surface area contributed by atoms with E-state index in [4.69, 9.17) is 4.98 Å². The highest BCUT2D eigenvalue weighted by molar-refractivity contribution is 5.76. The molecule has 0 N–H and O–H groups in total. The van der Waals surface area contributed by atoms with E-state index in [-0.39, 0.29) is 0 Å². The average Bonchev–Trinajstić information content (AvgIpc) is 2.92. The van der Waals surface area contributed by atoms with Gasteiger partial charge in [0.1, 0.15) is 5.82 Å². The molecule has 25 heavy (non-hydrogen) atoms. The third-order valence-corrected chi connectivity index (χ3v) is 4.74. The van der Waals surface area contributed by atoms with Crippen molar-refractivity contribution in [3.8, 4) is 0 Å². The van der Waals surface area contributed by atoms with Gasteiger partial charge in [-0.15, -0.1) is 0 Å². The molecule has 2 nitrogen and oxygen atoms in total. The number of fused-ring (bicyclic) bond motifs is 1. The maximum atomic E-state index is 4.98. The highest BCUT2D eigenvalue weighted by Gasteiger charge is 2.18. The third kappa shape index (κ3) is 3.95. The maximum absolute atomic E-state index is 4.98. The van der Waals surface area contributed by atoms with Gasteiger partial charge in [0.15, 0.2) is 0 Å². The van der Waals surface area contributed by atoms with Crippen molar-refractivity contribution in [3.05, 3.63) is 65.5 Å². The molecule has 132 valence electrons. The van der Waals surface area contributed by atoms with Gasteiger partial charge in [0.2, 0.25) is 0 Å². The van der Waals surface area contributed by atoms with E-state index in [0.29, 0.717) is 17.8 Å². The van der Waals surface area contributed by atoms with Crippen LogP contribution in [0.15, 0.2) is 48.5 Å². The summed E-state index contributed by atoms with van der Waals surface area (Å²) in [5, 5.41) is 0. The van der Waals surface area contributed by atoms with Crippen molar-refractivity contribution >= 4 is 11.0 Å². The minimum absolute atomic E-state index is 0.291. The molecule has 0 radical (unpaired) electrons. The van der Waals surface area contributed by atoms with Crippen LogP contribution in [0.2, 0.25) is 0 Å². The molecule has 0 aliphatic rings. The Balaban J connectivity index is 1.97. The Morgan fingerprint density at radius 2 is 1.52 bits per heavy atom. The molecule has 0 spiro atoms. The number of nitrogens with zero attached hydrogens (tertiary/aromatic N) is 2. The van der Waals surface area contributed by atoms with Crippen LogP contribution in [-0.2, 0) is 13.0 Å². The molecule has 0 aliphatic carbocycles. The standard InChI is InChI=1S/C23H30N2/c1-16(2)14-19-10-12-20(13-11-19)18(5)23-24-21-8-6-7-9-22(21)25(23)15-17(3)4/h6-13,16-18H,14-15H2,1-5H3/t18-/m0/s1. The van der Waals surface area contributed by atoms with Crippen LogP contribution in [0, 0.1) is 11.8 Å². The van der Waals surface area contributed by atoms with Crippen LogP contribution in [0.1, 0.15) is 57.5 Å². The normalized spacial score (nSPS) is 13.1. The van der Waals surface area contributed by atoms with Gasteiger partial charge < -0.3 is 4.57 Å². The zero-order valence-corrected chi connectivity index (χ0v) is 16.2. The molecule has 0 unspecified atom stereocenters. The molecule has 3 rings (SSSR count). The molecule has 1 aromatic heterocycles. The Labute approximate surface area is 151 Å². The Bertz CT molecular complexity index is 825. The van der Waals surface area contributed by atoms with E-state index in [2.05, 4.69) is 87.7 Å². The number of para-hydroxylation sites is 2. The van der Waals surface area contributed by atoms with Crippen molar-refractivity contribution in [2.24, 2.45) is 11.8 Å². The highest BCUT2D eigenvalue weighted by atomic mass is 15.1. The van der Waals surface area contributed by atoms with Crippen LogP contribution in [0.5, 0.6) is 0 Å². The zero-order chi connectivity index (χ0) is 18.0. The number of imidazole rings is 1. The molecule has 0 fully saturated rings. The lowest BCUT2D eigenvalue weighted by atomic mass is 9.96. The zero-order valence-electron chi connectivity index (χ0n) is 16.2. The molecule has 0 saturated carbocycles. The number of aromatic nitrogens is 2. The summed E-state index contributed by atoms with van der Waals surface area (Å²) >= 11 is 0. The van der Waals surface area contributed by atoms with Crippen LogP contribution in [0.3, 0.4) is 0 Å². The number of hydrogen-bond donors (Lipinski definition) is 0. The van der Waals surface area contributed by atoms with Crippen molar-refractivity contribution in [2.75, 3.05) is 0 Å². The maximum Gasteiger partial charge on any atom is 0.117 e. The lowest BCUT2D eigenvalue weighted by Crippen LogP contribution is -2.11. The number of benzene rings is 2. The molecule has 0 bridgehead atoms. The van der Waals surface area contributed by atoms with E-state index in [0.717, 1.165) is 18.5 Å². The van der Waals surface area contributed by atoms with Crippen molar-refractivity contribution < 1.29 is 0 Å². The van der Waals surface area contributed by atoms with Gasteiger partial charge >= 0.3 is 0 Å². The third-order valence-electron chi connectivity index (χ3n) is 4.74. The molecule has 2 heteroatoms. The van der Waals surface area contributed by atoms with Crippen LogP contribution < -0.4 is 0 Å². The van der Waals surface area contributed by atoms with Crippen LogP contribution in [-0.4, -0.2) is 9.55 Å². The fourth-order valence-electron chi connectivity index (χ4n) is 3.54. The minimum atomic E-state index is 0.291. The van der Waals surface area contributed by atoms with Gasteiger partial charge in [-0.1, -0.05) is 71.0 Å². The van der Waals surface area contributed by atoms with Crippen molar-refractivity contribution in [3.63, 3.8) is 0 Å². The largest absolute Gasteiger partial charge is 0.327 e. The van der Waals surface area contributed by atoms with Crippen LogP contribution in [0.4, 0.5) is 0 Å². The lowest BCUT2D eigenvalue weighted by molar-refractivity contribution is 0.511. The summed E-state index contributed by atoms with van der Waals surface area (Å²) in [6.07, 6.45) is 1.14. The first-order valence-corrected chi connectivity index (χ1v) is 9.49. The van der Waals surface area contributed by atoms with Gasteiger partial charge in [0, 0.05) is 12.5 Å². The molecule has 2 aromatic carbocycles. The fourth-order valence-corrected chi connectivity index (χ4v) is 3.54. The summed E-state index contributed by atoms with van der Waals surface area (Å²) in [6, 6.07) is 17.6. The number of rotatable bonds is 6. The molecule has 0 saturated heterocycles. The van der Waals surface area contributed by atoms with Gasteiger partial charge in [-0.25, -0.2) is 4.98 Å². The summed E-state index contributed by atoms with van der Waals surface area (Å²) in [5.41, 5.74) is 5.10. The van der Waals surface area contributed by atoms with Crippen LogP contribution in [0.25, 0.3) is 11.0 Å². The van der Waals surface area contributed by atoms with E-state index in [9.17, 15) is 0 Å². The van der Waals surface area contributed by atoms with Gasteiger partial charge in [0.05, 0.1) is 11.0 Å². The summed E-state index contributed by atoms with van der Waals surface area (Å²) in [7, 11) is 0. The predicted octanol–water partition coefficient (Wildman–Crippen LogP) is 6.04. The SMILES string of the molecule is CC(C)Cc1ccc([C@H](C)c2nc3ccccc3n2CC(C)C)cc1. The molecule has 0 aliphatic heterocycles. The van der Waals surface area contributed by atoms with Gasteiger partial charge in [-0.05, 0) is 41.5 Å². The number of hydrogen-bond acceptors (Lipinski definition) is 1. The van der Waals surface area contributed by atoms with Crippen LogP contribution >= 0.6 is 0 Å². The van der Waals surface area contributed by atoms with Crippen molar-refractivity contribution in [2.45, 2.75) is 53.5 Å². The van der Waals surface area contributed by atoms with Crippen molar-refractivity contribution in [1.82, 2.24) is 9.55 Å². The summed E-state index contributed by atoms with van der Waals surface area (Å²) in [6.45, 7) is 12.4. The summed E-state index contributed by atoms with van der Waals surface area (Å²) in [5.74, 6) is 2.75. The second-order valence-corrected chi connectivity index (χ2v) is 8.02. The first kappa shape index (κ1) is 17.7. The highest BCUT2D eigenvalue weighted by Crippen LogP contribution is 2.28. The first-order chi connectivity index (χ1) is 12.0. The molecule has 3 aromatic rings. The van der Waals surface area contributed by atoms with Gasteiger partial charge in [-0.2, -0.15) is 0 Å². The van der Waals surface area contributed by atoms with Crippen molar-refractivity contribution in [1.29, 1.82) is 0 Å². The second kappa shape index (κ2) is 7.43. The fraction of sp³-hybridized carbons (Fsp3) is 0.435. The Kier molecular flexibility index (Phi) is 5.27. The molecular formula is C23H30N2. The molecule has 1 heterocycles. The van der Waals surface area contributed by atoms with Gasteiger partial charge in [-0.3, -0.25) is 0 Å². The quantitative estimate of drug-likeness (QED) is 0.537. The van der Waals surface area contributed by atoms with E-state index in [1.807, 2.05) is 0 Å². The smallest absolute Gasteiger partial charge is 0.117 e. The Morgan fingerprint density at radius 3 is 2.16 bits per heavy atom.